The van der Waals surface area contributed by atoms with Crippen molar-refractivity contribution in [2.24, 2.45) is 4.99 Å². The van der Waals surface area contributed by atoms with Gasteiger partial charge in [0.15, 0.2) is 0 Å². The van der Waals surface area contributed by atoms with Crippen LogP contribution >= 0.6 is 11.6 Å². The number of aliphatic imine (C=N–C) groups is 1. The van der Waals surface area contributed by atoms with Crippen LogP contribution in [0.1, 0.15) is 24.3 Å². The molecule has 0 amide bonds. The van der Waals surface area contributed by atoms with E-state index in [0.29, 0.717) is 5.92 Å². The quantitative estimate of drug-likeness (QED) is 0.682. The molecule has 1 aromatic carbocycles. The Kier molecular flexibility index (Phi) is 2.14. The predicted molar refractivity (Wildman–Crippen MR) is 63.8 cm³/mol. The Morgan fingerprint density at radius 1 is 1.20 bits per heavy atom. The number of halogens is 1. The van der Waals surface area contributed by atoms with Gasteiger partial charge >= 0.3 is 0 Å². The monoisotopic (exact) mass is 217 g/mol. The first kappa shape index (κ1) is 9.17. The van der Waals surface area contributed by atoms with Gasteiger partial charge in [-0.25, -0.2) is 0 Å². The average Bonchev–Trinajstić information content (AvgIpc) is 2.80. The highest BCUT2D eigenvalue weighted by atomic mass is 35.5. The minimum Gasteiger partial charge on any atom is -0.288 e. The lowest BCUT2D eigenvalue weighted by Gasteiger charge is -2.11. The largest absolute Gasteiger partial charge is 0.288 e. The predicted octanol–water partition coefficient (Wildman–Crippen LogP) is 3.60. The zero-order valence-corrected chi connectivity index (χ0v) is 9.17. The van der Waals surface area contributed by atoms with E-state index in [4.69, 9.17) is 11.6 Å². The summed E-state index contributed by atoms with van der Waals surface area (Å²) in [6.07, 6.45) is 4.50. The molecule has 0 saturated heterocycles. The molecule has 1 aliphatic heterocycles. The summed E-state index contributed by atoms with van der Waals surface area (Å²) in [5.74, 6) is 0.559. The molecule has 0 fully saturated rings. The SMILES string of the molecule is Clc1ccc(C2CCC3=C2C=NC3)cc1. The molecule has 1 heterocycles. The van der Waals surface area contributed by atoms with Crippen LogP contribution in [0.3, 0.4) is 0 Å². The number of hydrogen-bond donors (Lipinski definition) is 0. The highest BCUT2D eigenvalue weighted by Gasteiger charge is 2.27. The fourth-order valence-electron chi connectivity index (χ4n) is 2.51. The highest BCUT2D eigenvalue weighted by Crippen LogP contribution is 2.40. The number of benzene rings is 1. The van der Waals surface area contributed by atoms with E-state index in [-0.39, 0.29) is 0 Å². The lowest BCUT2D eigenvalue weighted by molar-refractivity contribution is 0.776. The minimum atomic E-state index is 0.559. The molecule has 1 aromatic rings. The van der Waals surface area contributed by atoms with E-state index >= 15 is 0 Å². The first-order valence-electron chi connectivity index (χ1n) is 5.32. The Bertz CT molecular complexity index is 442. The lowest BCUT2D eigenvalue weighted by Crippen LogP contribution is -1.97. The molecule has 0 aromatic heterocycles. The van der Waals surface area contributed by atoms with E-state index in [1.807, 2.05) is 12.1 Å². The fraction of sp³-hybridized carbons (Fsp3) is 0.308. The summed E-state index contributed by atoms with van der Waals surface area (Å²) in [4.78, 5) is 4.34. The van der Waals surface area contributed by atoms with Gasteiger partial charge in [-0.3, -0.25) is 4.99 Å². The number of allylic oxidation sites excluding steroid dienone is 1. The summed E-state index contributed by atoms with van der Waals surface area (Å²) in [5, 5.41) is 0.811. The van der Waals surface area contributed by atoms with Gasteiger partial charge < -0.3 is 0 Å². The van der Waals surface area contributed by atoms with Crippen molar-refractivity contribution in [3.63, 3.8) is 0 Å². The van der Waals surface area contributed by atoms with Gasteiger partial charge in [0.05, 0.1) is 6.54 Å². The second-order valence-corrected chi connectivity index (χ2v) is 4.61. The van der Waals surface area contributed by atoms with Gasteiger partial charge in [0.1, 0.15) is 0 Å². The highest BCUT2D eigenvalue weighted by molar-refractivity contribution is 6.30. The van der Waals surface area contributed by atoms with E-state index in [1.54, 1.807) is 0 Å². The third-order valence-electron chi connectivity index (χ3n) is 3.30. The van der Waals surface area contributed by atoms with Crippen molar-refractivity contribution in [1.82, 2.24) is 0 Å². The molecule has 2 aliphatic rings. The molecular formula is C13H12ClN. The molecule has 2 heteroatoms. The molecule has 1 nitrogen and oxygen atoms in total. The maximum atomic E-state index is 5.89. The summed E-state index contributed by atoms with van der Waals surface area (Å²) in [7, 11) is 0. The Morgan fingerprint density at radius 3 is 2.80 bits per heavy atom. The minimum absolute atomic E-state index is 0.559. The van der Waals surface area contributed by atoms with Crippen molar-refractivity contribution < 1.29 is 0 Å². The fourth-order valence-corrected chi connectivity index (χ4v) is 2.64. The molecule has 1 aliphatic carbocycles. The second-order valence-electron chi connectivity index (χ2n) is 4.17. The Balaban J connectivity index is 1.95. The van der Waals surface area contributed by atoms with Gasteiger partial charge in [0.2, 0.25) is 0 Å². The molecule has 0 radical (unpaired) electrons. The Labute approximate surface area is 94.5 Å². The Hall–Kier alpha value is -1.08. The van der Waals surface area contributed by atoms with Crippen LogP contribution in [0.4, 0.5) is 0 Å². The average molecular weight is 218 g/mol. The molecule has 3 rings (SSSR count). The summed E-state index contributed by atoms with van der Waals surface area (Å²) < 4.78 is 0. The standard InChI is InChI=1S/C13H12ClN/c14-11-4-1-9(2-5-11)12-6-3-10-7-15-8-13(10)12/h1-2,4-5,8,12H,3,6-7H2. The lowest BCUT2D eigenvalue weighted by atomic mass is 9.93. The molecular weight excluding hydrogens is 206 g/mol. The van der Waals surface area contributed by atoms with Gasteiger partial charge in [-0.15, -0.1) is 0 Å². The van der Waals surface area contributed by atoms with Crippen LogP contribution in [-0.2, 0) is 0 Å². The van der Waals surface area contributed by atoms with Crippen LogP contribution in [0, 0.1) is 0 Å². The number of hydrogen-bond acceptors (Lipinski definition) is 1. The van der Waals surface area contributed by atoms with Crippen LogP contribution < -0.4 is 0 Å². The summed E-state index contributed by atoms with van der Waals surface area (Å²) in [5.41, 5.74) is 4.37. The molecule has 0 N–H and O–H groups in total. The van der Waals surface area contributed by atoms with Crippen LogP contribution in [0.25, 0.3) is 0 Å². The Morgan fingerprint density at radius 2 is 2.00 bits per heavy atom. The molecule has 15 heavy (non-hydrogen) atoms. The molecule has 1 unspecified atom stereocenters. The second kappa shape index (κ2) is 3.49. The smallest absolute Gasteiger partial charge is 0.0606 e. The van der Waals surface area contributed by atoms with Crippen molar-refractivity contribution in [2.75, 3.05) is 6.54 Å². The third kappa shape index (κ3) is 1.51. The first-order chi connectivity index (χ1) is 7.34. The van der Waals surface area contributed by atoms with Gasteiger partial charge in [-0.05, 0) is 41.7 Å². The maximum absolute atomic E-state index is 5.89. The van der Waals surface area contributed by atoms with Crippen LogP contribution in [-0.4, -0.2) is 12.8 Å². The molecule has 0 spiro atoms. The normalized spacial score (nSPS) is 23.7. The van der Waals surface area contributed by atoms with Gasteiger partial charge in [-0.1, -0.05) is 23.7 Å². The van der Waals surface area contributed by atoms with Gasteiger partial charge in [0, 0.05) is 17.2 Å². The van der Waals surface area contributed by atoms with E-state index in [9.17, 15) is 0 Å². The van der Waals surface area contributed by atoms with Crippen molar-refractivity contribution in [1.29, 1.82) is 0 Å². The topological polar surface area (TPSA) is 12.4 Å². The molecule has 1 atom stereocenters. The van der Waals surface area contributed by atoms with Gasteiger partial charge in [0.25, 0.3) is 0 Å². The van der Waals surface area contributed by atoms with Crippen LogP contribution in [0.15, 0.2) is 40.4 Å². The summed E-state index contributed by atoms with van der Waals surface area (Å²) in [6, 6.07) is 8.22. The summed E-state index contributed by atoms with van der Waals surface area (Å²) in [6.45, 7) is 0.930. The van der Waals surface area contributed by atoms with E-state index < -0.39 is 0 Å². The number of nitrogens with zero attached hydrogens (tertiary/aromatic N) is 1. The van der Waals surface area contributed by atoms with Crippen molar-refractivity contribution >= 4 is 17.8 Å². The van der Waals surface area contributed by atoms with Gasteiger partial charge in [-0.2, -0.15) is 0 Å². The maximum Gasteiger partial charge on any atom is 0.0606 e. The molecule has 76 valence electrons. The first-order valence-corrected chi connectivity index (χ1v) is 5.69. The summed E-state index contributed by atoms with van der Waals surface area (Å²) >= 11 is 5.89. The van der Waals surface area contributed by atoms with Crippen molar-refractivity contribution in [2.45, 2.75) is 18.8 Å². The third-order valence-corrected chi connectivity index (χ3v) is 3.56. The number of rotatable bonds is 1. The molecule has 0 saturated carbocycles. The van der Waals surface area contributed by atoms with E-state index in [1.165, 1.54) is 29.6 Å². The zero-order chi connectivity index (χ0) is 10.3. The van der Waals surface area contributed by atoms with Crippen molar-refractivity contribution in [3.8, 4) is 0 Å². The van der Waals surface area contributed by atoms with Crippen LogP contribution in [0.5, 0.6) is 0 Å². The zero-order valence-electron chi connectivity index (χ0n) is 8.41. The van der Waals surface area contributed by atoms with Crippen molar-refractivity contribution in [3.05, 3.63) is 46.0 Å². The van der Waals surface area contributed by atoms with E-state index in [2.05, 4.69) is 23.3 Å². The molecule has 0 bridgehead atoms. The van der Waals surface area contributed by atoms with E-state index in [0.717, 1.165) is 11.6 Å². The van der Waals surface area contributed by atoms with Crippen LogP contribution in [0.2, 0.25) is 5.02 Å².